The smallest absolute Gasteiger partial charge is 0.325 e. The van der Waals surface area contributed by atoms with E-state index < -0.39 is 6.04 Å². The van der Waals surface area contributed by atoms with Crippen LogP contribution in [0.5, 0.6) is 0 Å². The molecule has 4 nitrogen and oxygen atoms in total. The molecule has 2 N–H and O–H groups in total. The average Bonchev–Trinajstić information content (AvgIpc) is 2.14. The van der Waals surface area contributed by atoms with Gasteiger partial charge in [-0.15, -0.1) is 0 Å². The maximum atomic E-state index is 11.1. The SMILES string of the molecule is CCOC(=O)C(N)COCCC1CCC1. The molecule has 1 unspecified atom stereocenters. The fraction of sp³-hybridized carbons (Fsp3) is 0.909. The second-order valence-electron chi connectivity index (χ2n) is 4.02. The van der Waals surface area contributed by atoms with Crippen molar-refractivity contribution in [3.8, 4) is 0 Å². The molecule has 1 fully saturated rings. The van der Waals surface area contributed by atoms with Gasteiger partial charge in [-0.3, -0.25) is 4.79 Å². The first-order chi connectivity index (χ1) is 7.24. The first kappa shape index (κ1) is 12.5. The predicted molar refractivity (Wildman–Crippen MR) is 57.4 cm³/mol. The highest BCUT2D eigenvalue weighted by Crippen LogP contribution is 2.28. The van der Waals surface area contributed by atoms with Gasteiger partial charge in [0.2, 0.25) is 0 Å². The molecule has 1 aliphatic rings. The Kier molecular flexibility index (Phi) is 5.65. The van der Waals surface area contributed by atoms with Crippen LogP contribution in [-0.4, -0.2) is 31.8 Å². The Morgan fingerprint density at radius 1 is 1.53 bits per heavy atom. The largest absolute Gasteiger partial charge is 0.465 e. The van der Waals surface area contributed by atoms with E-state index in [0.29, 0.717) is 13.2 Å². The third kappa shape index (κ3) is 4.62. The third-order valence-corrected chi connectivity index (χ3v) is 2.78. The minimum Gasteiger partial charge on any atom is -0.465 e. The summed E-state index contributed by atoms with van der Waals surface area (Å²) in [6.45, 7) is 3.11. The van der Waals surface area contributed by atoms with Gasteiger partial charge in [0.1, 0.15) is 6.04 Å². The Hall–Kier alpha value is -0.610. The highest BCUT2D eigenvalue weighted by Gasteiger charge is 2.18. The van der Waals surface area contributed by atoms with E-state index in [0.717, 1.165) is 12.3 Å². The first-order valence-electron chi connectivity index (χ1n) is 5.74. The van der Waals surface area contributed by atoms with Crippen molar-refractivity contribution >= 4 is 5.97 Å². The maximum absolute atomic E-state index is 11.1. The van der Waals surface area contributed by atoms with Crippen LogP contribution in [0.4, 0.5) is 0 Å². The Bertz CT molecular complexity index is 192. The lowest BCUT2D eigenvalue weighted by atomic mass is 9.83. The predicted octanol–water partition coefficient (Wildman–Crippen LogP) is 1.08. The van der Waals surface area contributed by atoms with E-state index in [9.17, 15) is 4.79 Å². The summed E-state index contributed by atoms with van der Waals surface area (Å²) < 4.78 is 10.1. The molecule has 0 aromatic carbocycles. The molecule has 88 valence electrons. The molecule has 1 atom stereocenters. The molecule has 0 amide bonds. The van der Waals surface area contributed by atoms with Crippen LogP contribution < -0.4 is 5.73 Å². The Balaban J connectivity index is 1.95. The lowest BCUT2D eigenvalue weighted by Crippen LogP contribution is -2.37. The lowest BCUT2D eigenvalue weighted by Gasteiger charge is -2.25. The summed E-state index contributed by atoms with van der Waals surface area (Å²) in [5.41, 5.74) is 5.57. The van der Waals surface area contributed by atoms with Gasteiger partial charge in [-0.2, -0.15) is 0 Å². The topological polar surface area (TPSA) is 61.5 Å². The molecule has 0 heterocycles. The fourth-order valence-electron chi connectivity index (χ4n) is 1.56. The molecular weight excluding hydrogens is 194 g/mol. The molecule has 0 aromatic rings. The second-order valence-corrected chi connectivity index (χ2v) is 4.02. The number of hydrogen-bond donors (Lipinski definition) is 1. The van der Waals surface area contributed by atoms with Crippen molar-refractivity contribution in [3.63, 3.8) is 0 Å². The van der Waals surface area contributed by atoms with Crippen molar-refractivity contribution in [2.75, 3.05) is 19.8 Å². The zero-order valence-electron chi connectivity index (χ0n) is 9.41. The van der Waals surface area contributed by atoms with Crippen LogP contribution in [0.1, 0.15) is 32.6 Å². The van der Waals surface area contributed by atoms with Crippen LogP contribution in [0, 0.1) is 5.92 Å². The van der Waals surface area contributed by atoms with Crippen LogP contribution in [0.2, 0.25) is 0 Å². The molecule has 15 heavy (non-hydrogen) atoms. The number of nitrogens with two attached hydrogens (primary N) is 1. The fourth-order valence-corrected chi connectivity index (χ4v) is 1.56. The Morgan fingerprint density at radius 2 is 2.27 bits per heavy atom. The normalized spacial score (nSPS) is 18.3. The van der Waals surface area contributed by atoms with Crippen molar-refractivity contribution in [1.29, 1.82) is 0 Å². The van der Waals surface area contributed by atoms with Gasteiger partial charge in [0.25, 0.3) is 0 Å². The van der Waals surface area contributed by atoms with Gasteiger partial charge in [0.15, 0.2) is 0 Å². The molecule has 1 aliphatic carbocycles. The quantitative estimate of drug-likeness (QED) is 0.510. The Labute approximate surface area is 91.1 Å². The second kappa shape index (κ2) is 6.80. The maximum Gasteiger partial charge on any atom is 0.325 e. The van der Waals surface area contributed by atoms with Crippen molar-refractivity contribution < 1.29 is 14.3 Å². The minimum atomic E-state index is -0.633. The Morgan fingerprint density at radius 3 is 2.80 bits per heavy atom. The molecule has 0 radical (unpaired) electrons. The third-order valence-electron chi connectivity index (χ3n) is 2.78. The number of carbonyl (C=O) groups is 1. The monoisotopic (exact) mass is 215 g/mol. The van der Waals surface area contributed by atoms with Gasteiger partial charge < -0.3 is 15.2 Å². The molecular formula is C11H21NO3. The summed E-state index contributed by atoms with van der Waals surface area (Å²) >= 11 is 0. The number of carbonyl (C=O) groups excluding carboxylic acids is 1. The molecule has 0 aromatic heterocycles. The van der Waals surface area contributed by atoms with Crippen LogP contribution in [0.3, 0.4) is 0 Å². The van der Waals surface area contributed by atoms with Crippen LogP contribution >= 0.6 is 0 Å². The zero-order valence-corrected chi connectivity index (χ0v) is 9.41. The highest BCUT2D eigenvalue weighted by molar-refractivity contribution is 5.75. The van der Waals surface area contributed by atoms with Gasteiger partial charge >= 0.3 is 5.97 Å². The standard InChI is InChI=1S/C11H21NO3/c1-2-15-11(13)10(12)8-14-7-6-9-4-3-5-9/h9-10H,2-8,12H2,1H3. The van der Waals surface area contributed by atoms with E-state index >= 15 is 0 Å². The average molecular weight is 215 g/mol. The lowest BCUT2D eigenvalue weighted by molar-refractivity contribution is -0.146. The van der Waals surface area contributed by atoms with Crippen LogP contribution in [0.15, 0.2) is 0 Å². The summed E-state index contributed by atoms with van der Waals surface area (Å²) in [4.78, 5) is 11.1. The van der Waals surface area contributed by atoms with E-state index in [1.165, 1.54) is 19.3 Å². The van der Waals surface area contributed by atoms with E-state index in [1.54, 1.807) is 6.92 Å². The van der Waals surface area contributed by atoms with Crippen LogP contribution in [-0.2, 0) is 14.3 Å². The molecule has 0 spiro atoms. The zero-order chi connectivity index (χ0) is 11.1. The summed E-state index contributed by atoms with van der Waals surface area (Å²) in [6.07, 6.45) is 5.10. The number of hydrogen-bond acceptors (Lipinski definition) is 4. The summed E-state index contributed by atoms with van der Waals surface area (Å²) in [6, 6.07) is -0.633. The van der Waals surface area contributed by atoms with E-state index in [2.05, 4.69) is 0 Å². The van der Waals surface area contributed by atoms with Gasteiger partial charge in [-0.05, 0) is 19.3 Å². The van der Waals surface area contributed by atoms with Crippen LogP contribution in [0.25, 0.3) is 0 Å². The van der Waals surface area contributed by atoms with Crippen molar-refractivity contribution in [1.82, 2.24) is 0 Å². The summed E-state index contributed by atoms with van der Waals surface area (Å²) in [5.74, 6) is 0.463. The summed E-state index contributed by atoms with van der Waals surface area (Å²) in [5, 5.41) is 0. The van der Waals surface area contributed by atoms with Crippen molar-refractivity contribution in [2.24, 2.45) is 11.7 Å². The minimum absolute atomic E-state index is 0.269. The van der Waals surface area contributed by atoms with Gasteiger partial charge in [0, 0.05) is 6.61 Å². The first-order valence-corrected chi connectivity index (χ1v) is 5.74. The molecule has 1 saturated carbocycles. The molecule has 0 bridgehead atoms. The number of ether oxygens (including phenoxy) is 2. The van der Waals surface area contributed by atoms with Gasteiger partial charge in [0.05, 0.1) is 13.2 Å². The van der Waals surface area contributed by atoms with E-state index in [4.69, 9.17) is 15.2 Å². The molecule has 1 rings (SSSR count). The summed E-state index contributed by atoms with van der Waals surface area (Å²) in [7, 11) is 0. The number of esters is 1. The number of rotatable bonds is 7. The molecule has 0 aliphatic heterocycles. The highest BCUT2D eigenvalue weighted by atomic mass is 16.5. The van der Waals surface area contributed by atoms with Crippen molar-refractivity contribution in [3.05, 3.63) is 0 Å². The molecule has 4 heteroatoms. The van der Waals surface area contributed by atoms with Gasteiger partial charge in [-0.1, -0.05) is 19.3 Å². The van der Waals surface area contributed by atoms with Gasteiger partial charge in [-0.25, -0.2) is 0 Å². The van der Waals surface area contributed by atoms with Crippen molar-refractivity contribution in [2.45, 2.75) is 38.6 Å². The van der Waals surface area contributed by atoms with E-state index in [-0.39, 0.29) is 12.6 Å². The van der Waals surface area contributed by atoms with E-state index in [1.807, 2.05) is 0 Å². The molecule has 0 saturated heterocycles.